The van der Waals surface area contributed by atoms with Gasteiger partial charge in [0.15, 0.2) is 0 Å². The van der Waals surface area contributed by atoms with Crippen LogP contribution in [-0.2, 0) is 12.8 Å². The molecule has 0 saturated carbocycles. The molecule has 2 aromatic rings. The third-order valence-corrected chi connectivity index (χ3v) is 5.12. The smallest absolute Gasteiger partial charge is 0.0525 e. The van der Waals surface area contributed by atoms with Crippen LogP contribution in [0.2, 0.25) is 0 Å². The largest absolute Gasteiger partial charge is 0.364 e. The van der Waals surface area contributed by atoms with Crippen molar-refractivity contribution in [2.75, 3.05) is 11.4 Å². The van der Waals surface area contributed by atoms with Crippen LogP contribution in [0.1, 0.15) is 35.9 Å². The number of rotatable bonds is 3. The van der Waals surface area contributed by atoms with Crippen molar-refractivity contribution in [1.29, 1.82) is 0 Å². The first-order valence-electron chi connectivity index (χ1n) is 7.33. The van der Waals surface area contributed by atoms with Crippen molar-refractivity contribution in [3.8, 4) is 0 Å². The molecule has 1 aromatic carbocycles. The fourth-order valence-electron chi connectivity index (χ4n) is 3.15. The lowest BCUT2D eigenvalue weighted by Gasteiger charge is -2.37. The highest BCUT2D eigenvalue weighted by Gasteiger charge is 2.26. The summed E-state index contributed by atoms with van der Waals surface area (Å²) in [5.41, 5.74) is 10.2. The molecule has 20 heavy (non-hydrogen) atoms. The summed E-state index contributed by atoms with van der Waals surface area (Å²) in [6.07, 6.45) is 2.10. The van der Waals surface area contributed by atoms with E-state index in [9.17, 15) is 0 Å². The fourth-order valence-corrected chi connectivity index (χ4v) is 4.11. The molecule has 2 unspecified atom stereocenters. The Morgan fingerprint density at radius 3 is 2.95 bits per heavy atom. The van der Waals surface area contributed by atoms with Crippen molar-refractivity contribution in [2.45, 2.75) is 38.8 Å². The summed E-state index contributed by atoms with van der Waals surface area (Å²) >= 11 is 1.89. The van der Waals surface area contributed by atoms with Gasteiger partial charge in [0.05, 0.1) is 6.04 Å². The molecule has 2 heterocycles. The fraction of sp³-hybridized carbons (Fsp3) is 0.412. The number of nitrogens with zero attached hydrogens (tertiary/aromatic N) is 1. The lowest BCUT2D eigenvalue weighted by Crippen LogP contribution is -2.34. The van der Waals surface area contributed by atoms with Gasteiger partial charge in [0.1, 0.15) is 0 Å². The molecule has 0 amide bonds. The minimum atomic E-state index is 0.202. The molecule has 0 radical (unpaired) electrons. The van der Waals surface area contributed by atoms with Crippen LogP contribution >= 0.6 is 11.3 Å². The number of para-hydroxylation sites is 1. The second kappa shape index (κ2) is 5.58. The molecule has 1 aromatic heterocycles. The van der Waals surface area contributed by atoms with Crippen LogP contribution in [0.15, 0.2) is 35.7 Å². The molecule has 0 aliphatic carbocycles. The lowest BCUT2D eigenvalue weighted by atomic mass is 9.97. The van der Waals surface area contributed by atoms with E-state index in [-0.39, 0.29) is 6.04 Å². The van der Waals surface area contributed by atoms with Gasteiger partial charge in [-0.15, -0.1) is 11.3 Å². The molecule has 0 fully saturated rings. The molecule has 1 aliphatic rings. The summed E-state index contributed by atoms with van der Waals surface area (Å²) in [4.78, 5) is 4.09. The average Bonchev–Trinajstić information content (AvgIpc) is 2.89. The van der Waals surface area contributed by atoms with Gasteiger partial charge in [-0.3, -0.25) is 0 Å². The first kappa shape index (κ1) is 13.7. The van der Waals surface area contributed by atoms with E-state index < -0.39 is 0 Å². The zero-order valence-corrected chi connectivity index (χ0v) is 13.0. The van der Waals surface area contributed by atoms with E-state index in [1.165, 1.54) is 16.8 Å². The van der Waals surface area contributed by atoms with Gasteiger partial charge in [0.25, 0.3) is 0 Å². The number of fused-ring (bicyclic) bond motifs is 1. The van der Waals surface area contributed by atoms with Crippen LogP contribution in [0.3, 0.4) is 0 Å². The predicted molar refractivity (Wildman–Crippen MR) is 87.6 cm³/mol. The maximum atomic E-state index is 6.00. The van der Waals surface area contributed by atoms with Gasteiger partial charge >= 0.3 is 0 Å². The summed E-state index contributed by atoms with van der Waals surface area (Å²) in [5, 5.41) is 2.22. The second-order valence-corrected chi connectivity index (χ2v) is 6.73. The molecule has 0 bridgehead atoms. The number of hydrogen-bond donors (Lipinski definition) is 1. The molecule has 106 valence electrons. The molecule has 1 aliphatic heterocycles. The van der Waals surface area contributed by atoms with Crippen LogP contribution in [0.4, 0.5) is 5.69 Å². The van der Waals surface area contributed by atoms with Crippen LogP contribution in [0.25, 0.3) is 0 Å². The van der Waals surface area contributed by atoms with Crippen molar-refractivity contribution in [3.63, 3.8) is 0 Å². The zero-order valence-electron chi connectivity index (χ0n) is 12.2. The number of nitrogens with two attached hydrogens (primary N) is 1. The quantitative estimate of drug-likeness (QED) is 0.931. The summed E-state index contributed by atoms with van der Waals surface area (Å²) in [7, 11) is 0. The van der Waals surface area contributed by atoms with E-state index in [1.807, 2.05) is 11.3 Å². The van der Waals surface area contributed by atoms with E-state index in [0.29, 0.717) is 6.04 Å². The van der Waals surface area contributed by atoms with E-state index in [4.69, 9.17) is 5.73 Å². The Morgan fingerprint density at radius 1 is 1.35 bits per heavy atom. The SMILES string of the molecule is CC(N)Cc1ccccc1N1CCc2sccc2C1C. The maximum Gasteiger partial charge on any atom is 0.0525 e. The monoisotopic (exact) mass is 286 g/mol. The van der Waals surface area contributed by atoms with Gasteiger partial charge in [0.2, 0.25) is 0 Å². The maximum absolute atomic E-state index is 6.00. The van der Waals surface area contributed by atoms with Crippen LogP contribution in [0, 0.1) is 0 Å². The first-order chi connectivity index (χ1) is 9.66. The Balaban J connectivity index is 1.94. The molecule has 0 spiro atoms. The highest BCUT2D eigenvalue weighted by molar-refractivity contribution is 7.10. The normalized spacial score (nSPS) is 19.8. The Kier molecular flexibility index (Phi) is 3.81. The van der Waals surface area contributed by atoms with E-state index in [0.717, 1.165) is 19.4 Å². The molecular formula is C17H22N2S. The Hall–Kier alpha value is -1.32. The van der Waals surface area contributed by atoms with Crippen molar-refractivity contribution < 1.29 is 0 Å². The molecule has 2 atom stereocenters. The van der Waals surface area contributed by atoms with Gasteiger partial charge < -0.3 is 10.6 Å². The molecule has 2 N–H and O–H groups in total. The van der Waals surface area contributed by atoms with Crippen molar-refractivity contribution >= 4 is 17.0 Å². The summed E-state index contributed by atoms with van der Waals surface area (Å²) < 4.78 is 0. The Labute approximate surface area is 125 Å². The standard InChI is InChI=1S/C17H22N2S/c1-12(18)11-14-5-3-4-6-16(14)19-9-7-17-15(13(19)2)8-10-20-17/h3-6,8,10,12-13H,7,9,11,18H2,1-2H3. The highest BCUT2D eigenvalue weighted by Crippen LogP contribution is 2.37. The topological polar surface area (TPSA) is 29.3 Å². The summed E-state index contributed by atoms with van der Waals surface area (Å²) in [5.74, 6) is 0. The van der Waals surface area contributed by atoms with Gasteiger partial charge in [-0.1, -0.05) is 18.2 Å². The molecule has 3 heteroatoms. The molecule has 0 saturated heterocycles. The molecular weight excluding hydrogens is 264 g/mol. The molecule has 3 rings (SSSR count). The predicted octanol–water partition coefficient (Wildman–Crippen LogP) is 3.76. The summed E-state index contributed by atoms with van der Waals surface area (Å²) in [6, 6.07) is 11.7. The highest BCUT2D eigenvalue weighted by atomic mass is 32.1. The zero-order chi connectivity index (χ0) is 14.1. The molecule has 2 nitrogen and oxygen atoms in total. The van der Waals surface area contributed by atoms with E-state index in [1.54, 1.807) is 4.88 Å². The number of anilines is 1. The number of benzene rings is 1. The van der Waals surface area contributed by atoms with Gasteiger partial charge in [0, 0.05) is 23.2 Å². The van der Waals surface area contributed by atoms with Crippen LogP contribution in [-0.4, -0.2) is 12.6 Å². The summed E-state index contributed by atoms with van der Waals surface area (Å²) in [6.45, 7) is 5.49. The van der Waals surface area contributed by atoms with Crippen LogP contribution in [0.5, 0.6) is 0 Å². The first-order valence-corrected chi connectivity index (χ1v) is 8.21. The second-order valence-electron chi connectivity index (χ2n) is 5.73. The lowest BCUT2D eigenvalue weighted by molar-refractivity contribution is 0.626. The van der Waals surface area contributed by atoms with Crippen molar-refractivity contribution in [3.05, 3.63) is 51.7 Å². The van der Waals surface area contributed by atoms with Crippen molar-refractivity contribution in [2.24, 2.45) is 5.73 Å². The van der Waals surface area contributed by atoms with E-state index >= 15 is 0 Å². The van der Waals surface area contributed by atoms with Crippen molar-refractivity contribution in [1.82, 2.24) is 0 Å². The Morgan fingerprint density at radius 2 is 2.15 bits per heavy atom. The minimum Gasteiger partial charge on any atom is -0.364 e. The third-order valence-electron chi connectivity index (χ3n) is 4.12. The number of thiophene rings is 1. The van der Waals surface area contributed by atoms with Gasteiger partial charge in [-0.25, -0.2) is 0 Å². The number of hydrogen-bond acceptors (Lipinski definition) is 3. The Bertz CT molecular complexity index is 588. The third kappa shape index (κ3) is 2.48. The van der Waals surface area contributed by atoms with Crippen LogP contribution < -0.4 is 10.6 Å². The van der Waals surface area contributed by atoms with Gasteiger partial charge in [-0.05, 0) is 55.3 Å². The minimum absolute atomic E-state index is 0.202. The average molecular weight is 286 g/mol. The van der Waals surface area contributed by atoms with E-state index in [2.05, 4.69) is 54.5 Å². The van der Waals surface area contributed by atoms with Gasteiger partial charge in [-0.2, -0.15) is 0 Å².